The van der Waals surface area contributed by atoms with Crippen LogP contribution in [0.25, 0.3) is 0 Å². The van der Waals surface area contributed by atoms with E-state index in [-0.39, 0.29) is 11.2 Å². The molecule has 3 nitrogen and oxygen atoms in total. The Balaban J connectivity index is 2.28. The Morgan fingerprint density at radius 1 is 1.24 bits per heavy atom. The molecule has 6 heteroatoms. The van der Waals surface area contributed by atoms with Gasteiger partial charge < -0.3 is 9.31 Å². The van der Waals surface area contributed by atoms with Crippen molar-refractivity contribution >= 4 is 34.8 Å². The minimum absolute atomic E-state index is 0.336. The van der Waals surface area contributed by atoms with Crippen LogP contribution in [0.2, 0.25) is 5.15 Å². The minimum Gasteiger partial charge on any atom is -0.399 e. The number of halogens is 1. The highest BCUT2D eigenvalue weighted by Gasteiger charge is 2.53. The molecule has 2 rings (SSSR count). The highest BCUT2D eigenvalue weighted by Crippen LogP contribution is 2.37. The van der Waals surface area contributed by atoms with E-state index in [2.05, 4.69) is 11.9 Å². The van der Waals surface area contributed by atoms with Crippen molar-refractivity contribution in [1.82, 2.24) is 4.98 Å². The van der Waals surface area contributed by atoms with E-state index in [0.29, 0.717) is 5.15 Å². The van der Waals surface area contributed by atoms with Crippen molar-refractivity contribution in [2.75, 3.05) is 0 Å². The average Bonchev–Trinajstić information content (AvgIpc) is 2.66. The van der Waals surface area contributed by atoms with Gasteiger partial charge in [-0.2, -0.15) is 0 Å². The lowest BCUT2D eigenvalue weighted by atomic mass is 9.89. The van der Waals surface area contributed by atoms with Crippen molar-refractivity contribution in [3.63, 3.8) is 0 Å². The van der Waals surface area contributed by atoms with Crippen LogP contribution in [-0.2, 0) is 15.7 Å². The molecule has 1 aliphatic heterocycles. The molecule has 2 heterocycles. The van der Waals surface area contributed by atoms with Crippen LogP contribution < -0.4 is 4.78 Å². The van der Waals surface area contributed by atoms with Gasteiger partial charge in [0.05, 0.1) is 21.0 Å². The van der Waals surface area contributed by atoms with Gasteiger partial charge in [-0.1, -0.05) is 18.5 Å². The quantitative estimate of drug-likeness (QED) is 0.776. The molecular formula is C11H17BClNO2S. The van der Waals surface area contributed by atoms with Gasteiger partial charge in [0.15, 0.2) is 0 Å². The number of hydrogen-bond acceptors (Lipinski definition) is 4. The van der Waals surface area contributed by atoms with Gasteiger partial charge in [-0.05, 0) is 34.1 Å². The maximum atomic E-state index is 6.13. The molecule has 17 heavy (non-hydrogen) atoms. The first-order valence-corrected chi connectivity index (χ1v) is 6.97. The summed E-state index contributed by atoms with van der Waals surface area (Å²) in [5.41, 5.74) is -0.672. The van der Waals surface area contributed by atoms with E-state index in [4.69, 9.17) is 20.9 Å². The van der Waals surface area contributed by atoms with E-state index in [1.165, 1.54) is 0 Å². The average molecular weight is 274 g/mol. The standard InChI is InChI=1S/C11H17BClNO2S/c1-6-7-14-9(13)8(17-7)12-15-10(2,3)11(4,5)16-12/h6H2,1-5H3. The van der Waals surface area contributed by atoms with Crippen molar-refractivity contribution < 1.29 is 9.31 Å². The second-order valence-electron chi connectivity index (χ2n) is 5.20. The minimum atomic E-state index is -0.398. The second-order valence-corrected chi connectivity index (χ2v) is 6.68. The molecule has 0 spiro atoms. The number of aryl methyl sites for hydroxylation is 1. The lowest BCUT2D eigenvalue weighted by Crippen LogP contribution is -2.41. The molecule has 0 radical (unpaired) electrons. The van der Waals surface area contributed by atoms with Gasteiger partial charge in [-0.25, -0.2) is 4.98 Å². The van der Waals surface area contributed by atoms with Crippen LogP contribution >= 0.6 is 22.9 Å². The van der Waals surface area contributed by atoms with E-state index in [0.717, 1.165) is 16.2 Å². The summed E-state index contributed by atoms with van der Waals surface area (Å²) in [6.45, 7) is 10.2. The first kappa shape index (κ1) is 13.3. The zero-order valence-electron chi connectivity index (χ0n) is 10.8. The molecule has 0 N–H and O–H groups in total. The highest BCUT2D eigenvalue weighted by atomic mass is 35.5. The Hall–Kier alpha value is -0.0951. The summed E-state index contributed by atoms with van der Waals surface area (Å²) in [4.78, 5) is 4.29. The number of hydrogen-bond donors (Lipinski definition) is 0. The Morgan fingerprint density at radius 2 is 1.76 bits per heavy atom. The highest BCUT2D eigenvalue weighted by molar-refractivity contribution is 7.22. The van der Waals surface area contributed by atoms with Crippen molar-refractivity contribution in [3.05, 3.63) is 10.2 Å². The molecule has 0 aliphatic carbocycles. The lowest BCUT2D eigenvalue weighted by Gasteiger charge is -2.32. The van der Waals surface area contributed by atoms with Gasteiger partial charge in [0.1, 0.15) is 5.15 Å². The number of nitrogens with zero attached hydrogens (tertiary/aromatic N) is 1. The predicted molar refractivity (Wildman–Crippen MR) is 72.2 cm³/mol. The molecule has 1 aliphatic rings. The molecule has 0 amide bonds. The van der Waals surface area contributed by atoms with Crippen LogP contribution in [0, 0.1) is 0 Å². The van der Waals surface area contributed by atoms with Crippen molar-refractivity contribution in [3.8, 4) is 0 Å². The van der Waals surface area contributed by atoms with E-state index < -0.39 is 7.12 Å². The molecule has 0 saturated carbocycles. The molecule has 0 unspecified atom stereocenters. The molecule has 1 aromatic rings. The zero-order valence-corrected chi connectivity index (χ0v) is 12.4. The SMILES string of the molecule is CCc1nc(Cl)c(B2OC(C)(C)C(C)(C)O2)s1. The molecular weight excluding hydrogens is 256 g/mol. The van der Waals surface area contributed by atoms with E-state index in [1.807, 2.05) is 27.7 Å². The summed E-state index contributed by atoms with van der Waals surface area (Å²) in [5, 5.41) is 1.52. The maximum Gasteiger partial charge on any atom is 0.508 e. The van der Waals surface area contributed by atoms with Crippen LogP contribution in [0.1, 0.15) is 39.6 Å². The predicted octanol–water partition coefficient (Wildman–Crippen LogP) is 2.66. The van der Waals surface area contributed by atoms with Gasteiger partial charge >= 0.3 is 7.12 Å². The van der Waals surface area contributed by atoms with Crippen molar-refractivity contribution in [1.29, 1.82) is 0 Å². The molecule has 1 aromatic heterocycles. The van der Waals surface area contributed by atoms with Crippen LogP contribution in [0.15, 0.2) is 0 Å². The molecule has 0 aromatic carbocycles. The Kier molecular flexibility index (Phi) is 3.32. The first-order valence-electron chi connectivity index (χ1n) is 5.77. The van der Waals surface area contributed by atoms with Gasteiger partial charge in [0, 0.05) is 0 Å². The third kappa shape index (κ3) is 2.26. The largest absolute Gasteiger partial charge is 0.508 e. The monoisotopic (exact) mass is 273 g/mol. The third-order valence-corrected chi connectivity index (χ3v) is 5.05. The maximum absolute atomic E-state index is 6.13. The van der Waals surface area contributed by atoms with Gasteiger partial charge in [0.2, 0.25) is 0 Å². The number of thiazole rings is 1. The Bertz CT molecular complexity index is 417. The Labute approximate surface area is 112 Å². The fourth-order valence-electron chi connectivity index (χ4n) is 1.60. The molecule has 94 valence electrons. The number of rotatable bonds is 2. The molecule has 1 saturated heterocycles. The summed E-state index contributed by atoms with van der Waals surface area (Å²) >= 11 is 7.69. The van der Waals surface area contributed by atoms with E-state index in [9.17, 15) is 0 Å². The third-order valence-electron chi connectivity index (χ3n) is 3.42. The molecule has 0 atom stereocenters. The number of aromatic nitrogens is 1. The van der Waals surface area contributed by atoms with Crippen LogP contribution in [0.4, 0.5) is 0 Å². The lowest BCUT2D eigenvalue weighted by molar-refractivity contribution is 0.00578. The van der Waals surface area contributed by atoms with Crippen LogP contribution in [0.3, 0.4) is 0 Å². The smallest absolute Gasteiger partial charge is 0.399 e. The van der Waals surface area contributed by atoms with Gasteiger partial charge in [-0.3, -0.25) is 0 Å². The van der Waals surface area contributed by atoms with Gasteiger partial charge in [-0.15, -0.1) is 11.3 Å². The Morgan fingerprint density at radius 3 is 2.18 bits per heavy atom. The second kappa shape index (κ2) is 4.23. The fourth-order valence-corrected chi connectivity index (χ4v) is 2.82. The van der Waals surface area contributed by atoms with E-state index >= 15 is 0 Å². The van der Waals surface area contributed by atoms with Gasteiger partial charge in [0.25, 0.3) is 0 Å². The fraction of sp³-hybridized carbons (Fsp3) is 0.727. The van der Waals surface area contributed by atoms with Crippen LogP contribution in [-0.4, -0.2) is 23.3 Å². The molecule has 0 bridgehead atoms. The molecule has 1 fully saturated rings. The van der Waals surface area contributed by atoms with Crippen molar-refractivity contribution in [2.45, 2.75) is 52.2 Å². The van der Waals surface area contributed by atoms with E-state index in [1.54, 1.807) is 11.3 Å². The summed E-state index contributed by atoms with van der Waals surface area (Å²) in [7, 11) is -0.398. The zero-order chi connectivity index (χ0) is 12.8. The summed E-state index contributed by atoms with van der Waals surface area (Å²) in [6.07, 6.45) is 0.879. The van der Waals surface area contributed by atoms with Crippen LogP contribution in [0.5, 0.6) is 0 Å². The summed E-state index contributed by atoms with van der Waals surface area (Å²) in [6, 6.07) is 0. The normalized spacial score (nSPS) is 22.1. The topological polar surface area (TPSA) is 31.4 Å². The first-order chi connectivity index (χ1) is 7.77. The van der Waals surface area contributed by atoms with Crippen molar-refractivity contribution in [2.24, 2.45) is 0 Å². The summed E-state index contributed by atoms with van der Waals surface area (Å²) < 4.78 is 12.8. The summed E-state index contributed by atoms with van der Waals surface area (Å²) in [5.74, 6) is 0.